The first-order valence-corrected chi connectivity index (χ1v) is 16.1. The molecule has 2 unspecified atom stereocenters. The molecule has 5 heteroatoms. The third-order valence-corrected chi connectivity index (χ3v) is 8.38. The molecule has 1 aliphatic rings. The summed E-state index contributed by atoms with van der Waals surface area (Å²) in [6, 6.07) is 17.1. The third-order valence-electron chi connectivity index (χ3n) is 8.38. The molecule has 0 bridgehead atoms. The smallest absolute Gasteiger partial charge is 0.120 e. The van der Waals surface area contributed by atoms with E-state index in [2.05, 4.69) is 118 Å². The number of ether oxygens (including phenoxy) is 5. The van der Waals surface area contributed by atoms with Crippen molar-refractivity contribution in [2.24, 2.45) is 0 Å². The number of hydrogen-bond acceptors (Lipinski definition) is 5. The van der Waals surface area contributed by atoms with E-state index in [0.29, 0.717) is 12.2 Å². The minimum absolute atomic E-state index is 0.138. The Morgan fingerprint density at radius 3 is 1.60 bits per heavy atom. The van der Waals surface area contributed by atoms with Gasteiger partial charge in [0.25, 0.3) is 0 Å². The standard InChI is InChI=1S/C37H58O5/c1-11-28(2)38-24-12-22-34(3,4)41-31-18-14-29(15-19-31)37(9,10)30-16-20-32(21-17-30)42-35(5,6)23-13-25-40-36(7,8)26-33-27-39-33/h14-21,28,33H,11-13,22-27H2,1-10H3. The van der Waals surface area contributed by atoms with Crippen LogP contribution in [0.2, 0.25) is 0 Å². The van der Waals surface area contributed by atoms with Gasteiger partial charge in [0.1, 0.15) is 22.7 Å². The molecule has 2 aromatic rings. The highest BCUT2D eigenvalue weighted by Crippen LogP contribution is 2.35. The summed E-state index contributed by atoms with van der Waals surface area (Å²) < 4.78 is 30.1. The molecule has 1 heterocycles. The lowest BCUT2D eigenvalue weighted by atomic mass is 9.78. The fourth-order valence-corrected chi connectivity index (χ4v) is 5.33. The van der Waals surface area contributed by atoms with Gasteiger partial charge in [0.2, 0.25) is 0 Å². The minimum Gasteiger partial charge on any atom is -0.488 e. The molecule has 0 radical (unpaired) electrons. The van der Waals surface area contributed by atoms with Crippen molar-refractivity contribution in [3.05, 3.63) is 59.7 Å². The van der Waals surface area contributed by atoms with Crippen LogP contribution in [0, 0.1) is 0 Å². The van der Waals surface area contributed by atoms with Crippen molar-refractivity contribution < 1.29 is 23.7 Å². The van der Waals surface area contributed by atoms with E-state index in [0.717, 1.165) is 69.8 Å². The van der Waals surface area contributed by atoms with Gasteiger partial charge >= 0.3 is 0 Å². The van der Waals surface area contributed by atoms with Gasteiger partial charge in [-0.25, -0.2) is 0 Å². The Morgan fingerprint density at radius 1 is 0.714 bits per heavy atom. The van der Waals surface area contributed by atoms with Crippen LogP contribution in [0.4, 0.5) is 0 Å². The molecule has 42 heavy (non-hydrogen) atoms. The van der Waals surface area contributed by atoms with Crippen LogP contribution in [0.1, 0.15) is 119 Å². The van der Waals surface area contributed by atoms with Crippen LogP contribution < -0.4 is 9.47 Å². The quantitative estimate of drug-likeness (QED) is 0.122. The maximum absolute atomic E-state index is 6.40. The van der Waals surface area contributed by atoms with Gasteiger partial charge in [-0.05, 0) is 116 Å². The summed E-state index contributed by atoms with van der Waals surface area (Å²) in [5.41, 5.74) is 1.70. The highest BCUT2D eigenvalue weighted by atomic mass is 16.6. The zero-order valence-corrected chi connectivity index (χ0v) is 28.2. The van der Waals surface area contributed by atoms with Crippen LogP contribution in [0.15, 0.2) is 48.5 Å². The normalized spacial score (nSPS) is 16.8. The summed E-state index contributed by atoms with van der Waals surface area (Å²) in [4.78, 5) is 0. The van der Waals surface area contributed by atoms with E-state index in [-0.39, 0.29) is 22.2 Å². The molecule has 0 aliphatic carbocycles. The largest absolute Gasteiger partial charge is 0.488 e. The summed E-state index contributed by atoms with van der Waals surface area (Å²) in [5, 5.41) is 0. The molecule has 1 fully saturated rings. The van der Waals surface area contributed by atoms with Crippen LogP contribution in [0.25, 0.3) is 0 Å². The maximum Gasteiger partial charge on any atom is 0.120 e. The fraction of sp³-hybridized carbons (Fsp3) is 0.676. The Balaban J connectivity index is 1.49. The molecule has 0 amide bonds. The van der Waals surface area contributed by atoms with Gasteiger partial charge in [0.05, 0.1) is 24.4 Å². The van der Waals surface area contributed by atoms with E-state index in [1.54, 1.807) is 0 Å². The number of epoxide rings is 1. The molecule has 3 rings (SSSR count). The molecule has 0 spiro atoms. The molecule has 2 aromatic carbocycles. The van der Waals surface area contributed by atoms with Crippen LogP contribution >= 0.6 is 0 Å². The second-order valence-corrected chi connectivity index (χ2v) is 14.5. The molecule has 0 aromatic heterocycles. The predicted octanol–water partition coefficient (Wildman–Crippen LogP) is 9.29. The maximum atomic E-state index is 6.40. The van der Waals surface area contributed by atoms with Crippen molar-refractivity contribution in [3.8, 4) is 11.5 Å². The highest BCUT2D eigenvalue weighted by molar-refractivity contribution is 5.42. The van der Waals surface area contributed by atoms with Gasteiger partial charge in [0, 0.05) is 25.0 Å². The topological polar surface area (TPSA) is 49.5 Å². The summed E-state index contributed by atoms with van der Waals surface area (Å²) in [5.74, 6) is 1.80. The van der Waals surface area contributed by atoms with E-state index in [4.69, 9.17) is 23.7 Å². The van der Waals surface area contributed by atoms with Crippen LogP contribution in [-0.4, -0.2) is 48.8 Å². The zero-order valence-electron chi connectivity index (χ0n) is 28.2. The van der Waals surface area contributed by atoms with Crippen molar-refractivity contribution in [1.82, 2.24) is 0 Å². The van der Waals surface area contributed by atoms with Gasteiger partial charge in [-0.15, -0.1) is 0 Å². The van der Waals surface area contributed by atoms with E-state index < -0.39 is 0 Å². The molecule has 0 N–H and O–H groups in total. The zero-order chi connectivity index (χ0) is 31.0. The van der Waals surface area contributed by atoms with E-state index in [9.17, 15) is 0 Å². The SMILES string of the molecule is CCC(C)OCCCC(C)(C)Oc1ccc(C(C)(C)c2ccc(OC(C)(C)CCCOC(C)(C)CC3CO3)cc2)cc1. The van der Waals surface area contributed by atoms with E-state index in [1.807, 2.05) is 0 Å². The average Bonchev–Trinajstić information content (AvgIpc) is 3.72. The molecular formula is C37H58O5. The molecule has 2 atom stereocenters. The van der Waals surface area contributed by atoms with Crippen molar-refractivity contribution in [2.45, 2.75) is 142 Å². The molecule has 1 aliphatic heterocycles. The molecule has 0 saturated carbocycles. The predicted molar refractivity (Wildman–Crippen MR) is 173 cm³/mol. The monoisotopic (exact) mass is 582 g/mol. The first kappa shape index (κ1) is 34.4. The van der Waals surface area contributed by atoms with Crippen LogP contribution in [0.5, 0.6) is 11.5 Å². The molecule has 5 nitrogen and oxygen atoms in total. The Morgan fingerprint density at radius 2 is 1.17 bits per heavy atom. The van der Waals surface area contributed by atoms with Gasteiger partial charge < -0.3 is 23.7 Å². The summed E-state index contributed by atoms with van der Waals surface area (Å²) in [6.45, 7) is 24.1. The van der Waals surface area contributed by atoms with Gasteiger partial charge in [-0.2, -0.15) is 0 Å². The molecular weight excluding hydrogens is 524 g/mol. The van der Waals surface area contributed by atoms with E-state index >= 15 is 0 Å². The van der Waals surface area contributed by atoms with E-state index in [1.165, 1.54) is 11.1 Å². The highest BCUT2D eigenvalue weighted by Gasteiger charge is 2.32. The summed E-state index contributed by atoms with van der Waals surface area (Å²) in [7, 11) is 0. The summed E-state index contributed by atoms with van der Waals surface area (Å²) >= 11 is 0. The van der Waals surface area contributed by atoms with Crippen molar-refractivity contribution in [2.75, 3.05) is 19.8 Å². The van der Waals surface area contributed by atoms with Gasteiger partial charge in [0.15, 0.2) is 0 Å². The Bertz CT molecular complexity index is 1060. The Labute approximate surface area is 256 Å². The lowest BCUT2D eigenvalue weighted by Crippen LogP contribution is -2.30. The Hall–Kier alpha value is -2.08. The van der Waals surface area contributed by atoms with Crippen molar-refractivity contribution >= 4 is 0 Å². The fourth-order valence-electron chi connectivity index (χ4n) is 5.33. The van der Waals surface area contributed by atoms with Crippen LogP contribution in [-0.2, 0) is 19.6 Å². The van der Waals surface area contributed by atoms with Gasteiger partial charge in [-0.1, -0.05) is 45.0 Å². The molecule has 236 valence electrons. The average molecular weight is 583 g/mol. The number of hydrogen-bond donors (Lipinski definition) is 0. The minimum atomic E-state index is -0.269. The number of benzene rings is 2. The lowest BCUT2D eigenvalue weighted by Gasteiger charge is -2.30. The third kappa shape index (κ3) is 11.5. The molecule has 1 saturated heterocycles. The van der Waals surface area contributed by atoms with Gasteiger partial charge in [-0.3, -0.25) is 0 Å². The lowest BCUT2D eigenvalue weighted by molar-refractivity contribution is -0.0348. The van der Waals surface area contributed by atoms with Crippen molar-refractivity contribution in [3.63, 3.8) is 0 Å². The summed E-state index contributed by atoms with van der Waals surface area (Å²) in [6.07, 6.45) is 6.53. The first-order chi connectivity index (χ1) is 19.6. The first-order valence-electron chi connectivity index (χ1n) is 16.1. The second kappa shape index (κ2) is 14.6. The van der Waals surface area contributed by atoms with Crippen LogP contribution in [0.3, 0.4) is 0 Å². The second-order valence-electron chi connectivity index (χ2n) is 14.5. The Kier molecular flexibility index (Phi) is 12.0. The number of rotatable bonds is 19. The van der Waals surface area contributed by atoms with Crippen molar-refractivity contribution in [1.29, 1.82) is 0 Å².